The van der Waals surface area contributed by atoms with E-state index in [0.29, 0.717) is 11.4 Å². The lowest BCUT2D eigenvalue weighted by molar-refractivity contribution is -0.122. The topological polar surface area (TPSA) is 75.7 Å². The molecule has 0 saturated carbocycles. The third-order valence-corrected chi connectivity index (χ3v) is 7.12. The van der Waals surface area contributed by atoms with Crippen molar-refractivity contribution >= 4 is 21.6 Å². The summed E-state index contributed by atoms with van der Waals surface area (Å²) in [5.41, 5.74) is 4.99. The fourth-order valence-electron chi connectivity index (χ4n) is 4.19. The average Bonchev–Trinajstić information content (AvgIpc) is 2.72. The first-order chi connectivity index (χ1) is 14.6. The Hall–Kier alpha value is -2.54. The SMILES string of the molecule is COc1ccc(C)cc1N([C@H](C)C(=O)N[C@H](C)c1ccc2c(c1)CCCC2)S(C)(=O)=O. The Morgan fingerprint density at radius 3 is 2.39 bits per heavy atom. The number of anilines is 1. The summed E-state index contributed by atoms with van der Waals surface area (Å²) in [6.45, 7) is 5.39. The molecule has 2 atom stereocenters. The van der Waals surface area contributed by atoms with Gasteiger partial charge in [0.15, 0.2) is 0 Å². The van der Waals surface area contributed by atoms with E-state index in [0.717, 1.165) is 34.5 Å². The van der Waals surface area contributed by atoms with Crippen LogP contribution < -0.4 is 14.4 Å². The molecule has 0 radical (unpaired) electrons. The van der Waals surface area contributed by atoms with E-state index in [4.69, 9.17) is 4.74 Å². The van der Waals surface area contributed by atoms with Crippen LogP contribution in [0, 0.1) is 6.92 Å². The Morgan fingerprint density at radius 2 is 1.74 bits per heavy atom. The summed E-state index contributed by atoms with van der Waals surface area (Å²) in [5.74, 6) is 0.0395. The molecule has 1 aliphatic carbocycles. The van der Waals surface area contributed by atoms with E-state index in [9.17, 15) is 13.2 Å². The first kappa shape index (κ1) is 23.1. The number of nitrogens with one attached hydrogen (secondary N) is 1. The van der Waals surface area contributed by atoms with Crippen molar-refractivity contribution in [2.24, 2.45) is 0 Å². The molecule has 1 amide bonds. The van der Waals surface area contributed by atoms with Crippen LogP contribution in [-0.4, -0.2) is 33.7 Å². The smallest absolute Gasteiger partial charge is 0.244 e. The average molecular weight is 445 g/mol. The van der Waals surface area contributed by atoms with Crippen molar-refractivity contribution in [2.75, 3.05) is 17.7 Å². The molecule has 6 nitrogen and oxygen atoms in total. The van der Waals surface area contributed by atoms with Crippen LogP contribution >= 0.6 is 0 Å². The van der Waals surface area contributed by atoms with Crippen molar-refractivity contribution in [1.82, 2.24) is 5.32 Å². The zero-order chi connectivity index (χ0) is 22.8. The molecule has 1 N–H and O–H groups in total. The molecule has 0 bridgehead atoms. The molecule has 0 fully saturated rings. The number of sulfonamides is 1. The summed E-state index contributed by atoms with van der Waals surface area (Å²) in [4.78, 5) is 13.1. The van der Waals surface area contributed by atoms with Gasteiger partial charge in [-0.2, -0.15) is 0 Å². The van der Waals surface area contributed by atoms with Gasteiger partial charge in [-0.25, -0.2) is 8.42 Å². The number of hydrogen-bond donors (Lipinski definition) is 1. The molecule has 2 aromatic carbocycles. The van der Waals surface area contributed by atoms with Gasteiger partial charge in [0.25, 0.3) is 0 Å². The highest BCUT2D eigenvalue weighted by Gasteiger charge is 2.32. The minimum absolute atomic E-state index is 0.233. The molecule has 0 saturated heterocycles. The Balaban J connectivity index is 1.85. The van der Waals surface area contributed by atoms with Crippen molar-refractivity contribution in [3.05, 3.63) is 58.7 Å². The zero-order valence-electron chi connectivity index (χ0n) is 18.9. The lowest BCUT2D eigenvalue weighted by Gasteiger charge is -2.30. The van der Waals surface area contributed by atoms with E-state index in [1.54, 1.807) is 19.1 Å². The molecule has 31 heavy (non-hydrogen) atoms. The third-order valence-electron chi connectivity index (χ3n) is 5.89. The minimum atomic E-state index is -3.73. The minimum Gasteiger partial charge on any atom is -0.495 e. The van der Waals surface area contributed by atoms with Crippen LogP contribution in [0.4, 0.5) is 5.69 Å². The zero-order valence-corrected chi connectivity index (χ0v) is 19.8. The van der Waals surface area contributed by atoms with Gasteiger partial charge in [0, 0.05) is 0 Å². The molecule has 2 aromatic rings. The Morgan fingerprint density at radius 1 is 1.06 bits per heavy atom. The number of benzene rings is 2. The van der Waals surface area contributed by atoms with E-state index in [1.165, 1.54) is 31.1 Å². The Kier molecular flexibility index (Phi) is 6.94. The second-order valence-electron chi connectivity index (χ2n) is 8.38. The molecular weight excluding hydrogens is 412 g/mol. The van der Waals surface area contributed by atoms with Gasteiger partial charge in [0.2, 0.25) is 15.9 Å². The third kappa shape index (κ3) is 5.21. The predicted molar refractivity (Wildman–Crippen MR) is 124 cm³/mol. The normalized spacial score (nSPS) is 15.5. The van der Waals surface area contributed by atoms with Gasteiger partial charge in [0.05, 0.1) is 25.1 Å². The van der Waals surface area contributed by atoms with E-state index in [-0.39, 0.29) is 11.9 Å². The van der Waals surface area contributed by atoms with Crippen molar-refractivity contribution in [3.8, 4) is 5.75 Å². The van der Waals surface area contributed by atoms with E-state index in [1.807, 2.05) is 19.9 Å². The molecule has 0 aromatic heterocycles. The summed E-state index contributed by atoms with van der Waals surface area (Å²) in [6.07, 6.45) is 5.69. The summed E-state index contributed by atoms with van der Waals surface area (Å²) in [6, 6.07) is 10.5. The Labute approximate surface area is 185 Å². The molecular formula is C24H32N2O4S. The van der Waals surface area contributed by atoms with Gasteiger partial charge in [-0.3, -0.25) is 9.10 Å². The molecule has 3 rings (SSSR count). The summed E-state index contributed by atoms with van der Waals surface area (Å²) in [7, 11) is -2.25. The molecule has 0 unspecified atom stereocenters. The summed E-state index contributed by atoms with van der Waals surface area (Å²) in [5, 5.41) is 2.99. The number of methoxy groups -OCH3 is 1. The quantitative estimate of drug-likeness (QED) is 0.702. The fourth-order valence-corrected chi connectivity index (χ4v) is 5.36. The number of aryl methyl sites for hydroxylation is 3. The molecule has 0 spiro atoms. The summed E-state index contributed by atoms with van der Waals surface area (Å²) < 4.78 is 31.8. The molecule has 7 heteroatoms. The highest BCUT2D eigenvalue weighted by Crippen LogP contribution is 2.33. The van der Waals surface area contributed by atoms with Gasteiger partial charge in [-0.1, -0.05) is 24.3 Å². The lowest BCUT2D eigenvalue weighted by Crippen LogP contribution is -2.48. The van der Waals surface area contributed by atoms with Crippen LogP contribution in [0.25, 0.3) is 0 Å². The molecule has 0 heterocycles. The number of carbonyl (C=O) groups is 1. The van der Waals surface area contributed by atoms with Crippen LogP contribution in [0.3, 0.4) is 0 Å². The van der Waals surface area contributed by atoms with Crippen LogP contribution in [0.15, 0.2) is 36.4 Å². The maximum absolute atomic E-state index is 13.1. The monoisotopic (exact) mass is 444 g/mol. The highest BCUT2D eigenvalue weighted by atomic mass is 32.2. The maximum atomic E-state index is 13.1. The first-order valence-electron chi connectivity index (χ1n) is 10.7. The first-order valence-corrected chi connectivity index (χ1v) is 12.5. The van der Waals surface area contributed by atoms with E-state index in [2.05, 4.69) is 23.5 Å². The van der Waals surface area contributed by atoms with Crippen LogP contribution in [-0.2, 0) is 27.7 Å². The standard InChI is InChI=1S/C24H32N2O4S/c1-16-10-13-23(30-4)22(14-16)26(31(5,28)29)18(3)24(27)25-17(2)20-12-11-19-8-6-7-9-21(19)15-20/h10-15,17-18H,6-9H2,1-5H3,(H,25,27)/t17-,18-/m1/s1. The van der Waals surface area contributed by atoms with E-state index >= 15 is 0 Å². The number of fused-ring (bicyclic) bond motifs is 1. The largest absolute Gasteiger partial charge is 0.495 e. The van der Waals surface area contributed by atoms with Crippen molar-refractivity contribution in [3.63, 3.8) is 0 Å². The van der Waals surface area contributed by atoms with Crippen LogP contribution in [0.2, 0.25) is 0 Å². The van der Waals surface area contributed by atoms with Gasteiger partial charge >= 0.3 is 0 Å². The molecule has 1 aliphatic rings. The second kappa shape index (κ2) is 9.30. The highest BCUT2D eigenvalue weighted by molar-refractivity contribution is 7.92. The van der Waals surface area contributed by atoms with Crippen molar-refractivity contribution in [1.29, 1.82) is 0 Å². The number of nitrogens with zero attached hydrogens (tertiary/aromatic N) is 1. The number of rotatable bonds is 7. The predicted octanol–water partition coefficient (Wildman–Crippen LogP) is 3.91. The van der Waals surface area contributed by atoms with Gasteiger partial charge in [0.1, 0.15) is 11.8 Å². The second-order valence-corrected chi connectivity index (χ2v) is 10.2. The number of amides is 1. The number of hydrogen-bond acceptors (Lipinski definition) is 4. The number of ether oxygens (including phenoxy) is 1. The summed E-state index contributed by atoms with van der Waals surface area (Å²) >= 11 is 0. The van der Waals surface area contributed by atoms with Crippen molar-refractivity contribution < 1.29 is 17.9 Å². The van der Waals surface area contributed by atoms with Crippen LogP contribution in [0.1, 0.15) is 55.0 Å². The molecule has 0 aliphatic heterocycles. The number of carbonyl (C=O) groups excluding carboxylic acids is 1. The van der Waals surface area contributed by atoms with Crippen LogP contribution in [0.5, 0.6) is 5.75 Å². The van der Waals surface area contributed by atoms with Crippen molar-refractivity contribution in [2.45, 2.75) is 58.5 Å². The molecule has 168 valence electrons. The van der Waals surface area contributed by atoms with Gasteiger partial charge in [-0.15, -0.1) is 0 Å². The fraction of sp³-hybridized carbons (Fsp3) is 0.458. The lowest BCUT2D eigenvalue weighted by atomic mass is 9.89. The van der Waals surface area contributed by atoms with Gasteiger partial charge in [-0.05, 0) is 80.8 Å². The van der Waals surface area contributed by atoms with Gasteiger partial charge < -0.3 is 10.1 Å². The van der Waals surface area contributed by atoms with E-state index < -0.39 is 16.1 Å². The Bertz CT molecular complexity index is 1070. The maximum Gasteiger partial charge on any atom is 0.244 e.